The van der Waals surface area contributed by atoms with E-state index in [2.05, 4.69) is 0 Å². The number of likely N-dealkylation sites (N-methyl/N-ethyl adjacent to an activating group) is 1. The standard InChI is InChI=1S/C15H15N3O4/c1-10-13(15(20)21-9-12(19)17(2)3)11(8-16)14(22-10)18-6-4-5-7-18/h4-7H,9H2,1-3H3. The summed E-state index contributed by atoms with van der Waals surface area (Å²) in [6.45, 7) is 1.18. The van der Waals surface area contributed by atoms with E-state index >= 15 is 0 Å². The van der Waals surface area contributed by atoms with Crippen molar-refractivity contribution in [1.29, 1.82) is 5.26 Å². The van der Waals surface area contributed by atoms with Crippen molar-refractivity contribution in [3.05, 3.63) is 41.4 Å². The highest BCUT2D eigenvalue weighted by Gasteiger charge is 2.26. The first-order valence-electron chi connectivity index (χ1n) is 6.49. The molecule has 0 atom stereocenters. The van der Waals surface area contributed by atoms with E-state index < -0.39 is 5.97 Å². The van der Waals surface area contributed by atoms with Crippen LogP contribution in [0.2, 0.25) is 0 Å². The molecule has 0 aliphatic carbocycles. The highest BCUT2D eigenvalue weighted by Crippen LogP contribution is 2.26. The number of rotatable bonds is 4. The van der Waals surface area contributed by atoms with Gasteiger partial charge in [0.1, 0.15) is 23.0 Å². The zero-order chi connectivity index (χ0) is 16.3. The van der Waals surface area contributed by atoms with Crippen LogP contribution in [0, 0.1) is 18.3 Å². The highest BCUT2D eigenvalue weighted by atomic mass is 16.5. The van der Waals surface area contributed by atoms with Gasteiger partial charge in [0.15, 0.2) is 6.61 Å². The third-order valence-electron chi connectivity index (χ3n) is 3.05. The Morgan fingerprint density at radius 2 is 2.00 bits per heavy atom. The molecular weight excluding hydrogens is 286 g/mol. The van der Waals surface area contributed by atoms with Crippen LogP contribution in [0.1, 0.15) is 21.7 Å². The summed E-state index contributed by atoms with van der Waals surface area (Å²) in [5.74, 6) is -0.594. The van der Waals surface area contributed by atoms with Gasteiger partial charge in [0.05, 0.1) is 0 Å². The SMILES string of the molecule is Cc1oc(-n2cccc2)c(C#N)c1C(=O)OCC(=O)N(C)C. The molecule has 7 nitrogen and oxygen atoms in total. The quantitative estimate of drug-likeness (QED) is 0.798. The summed E-state index contributed by atoms with van der Waals surface area (Å²) in [6.07, 6.45) is 3.40. The minimum Gasteiger partial charge on any atom is -0.452 e. The molecule has 0 fully saturated rings. The largest absolute Gasteiger partial charge is 0.452 e. The normalized spacial score (nSPS) is 10.1. The second-order valence-electron chi connectivity index (χ2n) is 4.78. The van der Waals surface area contributed by atoms with Crippen LogP contribution in [0.3, 0.4) is 0 Å². The zero-order valence-electron chi connectivity index (χ0n) is 12.5. The van der Waals surface area contributed by atoms with Crippen molar-refractivity contribution in [3.8, 4) is 12.0 Å². The molecule has 2 aromatic heterocycles. The molecule has 7 heteroatoms. The Morgan fingerprint density at radius 1 is 1.36 bits per heavy atom. The number of esters is 1. The van der Waals surface area contributed by atoms with Crippen molar-refractivity contribution >= 4 is 11.9 Å². The summed E-state index contributed by atoms with van der Waals surface area (Å²) >= 11 is 0. The number of hydrogen-bond donors (Lipinski definition) is 0. The van der Waals surface area contributed by atoms with E-state index in [-0.39, 0.29) is 35.3 Å². The molecule has 1 amide bonds. The molecule has 0 saturated heterocycles. The van der Waals surface area contributed by atoms with Crippen molar-refractivity contribution in [2.75, 3.05) is 20.7 Å². The van der Waals surface area contributed by atoms with Crippen LogP contribution in [-0.2, 0) is 9.53 Å². The van der Waals surface area contributed by atoms with Gasteiger partial charge >= 0.3 is 5.97 Å². The number of nitriles is 1. The third kappa shape index (κ3) is 2.86. The fourth-order valence-electron chi connectivity index (χ4n) is 1.86. The molecule has 0 aliphatic heterocycles. The maximum absolute atomic E-state index is 12.1. The van der Waals surface area contributed by atoms with Crippen LogP contribution < -0.4 is 0 Å². The predicted molar refractivity (Wildman–Crippen MR) is 76.5 cm³/mol. The number of hydrogen-bond acceptors (Lipinski definition) is 5. The van der Waals surface area contributed by atoms with E-state index in [0.29, 0.717) is 0 Å². The van der Waals surface area contributed by atoms with Gasteiger partial charge in [-0.3, -0.25) is 9.36 Å². The minimum absolute atomic E-state index is 0.0396. The van der Waals surface area contributed by atoms with Gasteiger partial charge in [-0.05, 0) is 19.1 Å². The molecule has 0 N–H and O–H groups in total. The van der Waals surface area contributed by atoms with E-state index in [9.17, 15) is 14.9 Å². The second-order valence-corrected chi connectivity index (χ2v) is 4.78. The molecule has 0 bridgehead atoms. The Morgan fingerprint density at radius 3 is 2.55 bits per heavy atom. The molecule has 0 spiro atoms. The van der Waals surface area contributed by atoms with Gasteiger partial charge in [-0.2, -0.15) is 5.26 Å². The number of nitrogens with zero attached hydrogens (tertiary/aromatic N) is 3. The number of carbonyl (C=O) groups is 2. The lowest BCUT2D eigenvalue weighted by Gasteiger charge is -2.10. The summed E-state index contributed by atoms with van der Waals surface area (Å²) in [7, 11) is 3.12. The van der Waals surface area contributed by atoms with Gasteiger partial charge in [-0.15, -0.1) is 0 Å². The molecule has 2 aromatic rings. The fraction of sp³-hybridized carbons (Fsp3) is 0.267. The first-order valence-corrected chi connectivity index (χ1v) is 6.49. The minimum atomic E-state index is -0.758. The maximum atomic E-state index is 12.1. The van der Waals surface area contributed by atoms with Crippen LogP contribution in [0.15, 0.2) is 28.9 Å². The van der Waals surface area contributed by atoms with E-state index in [4.69, 9.17) is 9.15 Å². The zero-order valence-corrected chi connectivity index (χ0v) is 12.5. The van der Waals surface area contributed by atoms with Crippen molar-refractivity contribution in [2.45, 2.75) is 6.92 Å². The van der Waals surface area contributed by atoms with Crippen LogP contribution in [0.25, 0.3) is 5.88 Å². The summed E-state index contributed by atoms with van der Waals surface area (Å²) in [5.41, 5.74) is 0.119. The number of amides is 1. The maximum Gasteiger partial charge on any atom is 0.343 e. The second kappa shape index (κ2) is 6.18. The Kier molecular flexibility index (Phi) is 4.32. The number of ether oxygens (including phenoxy) is 1. The highest BCUT2D eigenvalue weighted by molar-refractivity contribution is 5.95. The average Bonchev–Trinajstić information content (AvgIpc) is 3.10. The lowest BCUT2D eigenvalue weighted by Crippen LogP contribution is -2.27. The van der Waals surface area contributed by atoms with Gasteiger partial charge in [0.2, 0.25) is 5.88 Å². The first-order chi connectivity index (χ1) is 10.5. The molecule has 0 radical (unpaired) electrons. The van der Waals surface area contributed by atoms with Gasteiger partial charge in [-0.1, -0.05) is 0 Å². The monoisotopic (exact) mass is 301 g/mol. The summed E-state index contributed by atoms with van der Waals surface area (Å²) < 4.78 is 12.0. The summed E-state index contributed by atoms with van der Waals surface area (Å²) in [4.78, 5) is 24.9. The third-order valence-corrected chi connectivity index (χ3v) is 3.05. The molecule has 0 unspecified atom stereocenters. The molecule has 0 saturated carbocycles. The summed E-state index contributed by atoms with van der Waals surface area (Å²) in [5, 5.41) is 9.32. The van der Waals surface area contributed by atoms with Crippen molar-refractivity contribution in [1.82, 2.24) is 9.47 Å². The number of aromatic nitrogens is 1. The van der Waals surface area contributed by atoms with E-state index in [1.807, 2.05) is 6.07 Å². The first kappa shape index (κ1) is 15.4. The molecule has 2 rings (SSSR count). The molecule has 0 aromatic carbocycles. The lowest BCUT2D eigenvalue weighted by molar-refractivity contribution is -0.131. The van der Waals surface area contributed by atoms with Gasteiger partial charge < -0.3 is 14.1 Å². The van der Waals surface area contributed by atoms with Gasteiger partial charge in [-0.25, -0.2) is 4.79 Å². The molecule has 0 aliphatic rings. The van der Waals surface area contributed by atoms with E-state index in [0.717, 1.165) is 0 Å². The lowest BCUT2D eigenvalue weighted by atomic mass is 10.1. The van der Waals surface area contributed by atoms with Crippen molar-refractivity contribution in [2.24, 2.45) is 0 Å². The molecular formula is C15H15N3O4. The Labute approximate surface area is 127 Å². The van der Waals surface area contributed by atoms with Crippen LogP contribution in [0.4, 0.5) is 0 Å². The predicted octanol–water partition coefficient (Wildman–Crippen LogP) is 1.50. The number of aryl methyl sites for hydroxylation is 1. The number of furan rings is 1. The van der Waals surface area contributed by atoms with E-state index in [1.54, 1.807) is 50.1 Å². The van der Waals surface area contributed by atoms with Crippen molar-refractivity contribution in [3.63, 3.8) is 0 Å². The smallest absolute Gasteiger partial charge is 0.343 e. The molecule has 2 heterocycles. The molecule has 114 valence electrons. The van der Waals surface area contributed by atoms with Crippen LogP contribution >= 0.6 is 0 Å². The average molecular weight is 301 g/mol. The van der Waals surface area contributed by atoms with Crippen molar-refractivity contribution < 1.29 is 18.7 Å². The van der Waals surface area contributed by atoms with Crippen LogP contribution in [0.5, 0.6) is 0 Å². The Hall–Kier alpha value is -3.01. The Balaban J connectivity index is 2.30. The fourth-order valence-corrected chi connectivity index (χ4v) is 1.86. The Bertz CT molecular complexity index is 736. The molecule has 22 heavy (non-hydrogen) atoms. The van der Waals surface area contributed by atoms with Crippen LogP contribution in [-0.4, -0.2) is 42.0 Å². The van der Waals surface area contributed by atoms with Gasteiger partial charge in [0, 0.05) is 26.5 Å². The van der Waals surface area contributed by atoms with Gasteiger partial charge in [0.25, 0.3) is 5.91 Å². The summed E-state index contributed by atoms with van der Waals surface area (Å²) in [6, 6.07) is 5.50. The number of carbonyl (C=O) groups excluding carboxylic acids is 2. The van der Waals surface area contributed by atoms with E-state index in [1.165, 1.54) is 4.90 Å². The topological polar surface area (TPSA) is 88.5 Å².